The van der Waals surface area contributed by atoms with Crippen molar-refractivity contribution in [1.29, 1.82) is 5.26 Å². The normalized spacial score (nSPS) is 11.5. The van der Waals surface area contributed by atoms with Crippen LogP contribution in [0.1, 0.15) is 12.5 Å². The lowest BCUT2D eigenvalue weighted by molar-refractivity contribution is 0.462. The highest BCUT2D eigenvalue weighted by molar-refractivity contribution is 7.89. The van der Waals surface area contributed by atoms with Crippen LogP contribution in [-0.4, -0.2) is 25.8 Å². The molecule has 0 N–H and O–H groups in total. The van der Waals surface area contributed by atoms with Gasteiger partial charge in [-0.3, -0.25) is 0 Å². The third kappa shape index (κ3) is 2.97. The van der Waals surface area contributed by atoms with Crippen LogP contribution in [-0.2, 0) is 10.0 Å². The van der Waals surface area contributed by atoms with E-state index in [0.29, 0.717) is 10.6 Å². The second kappa shape index (κ2) is 5.50. The predicted molar refractivity (Wildman–Crippen MR) is 66.2 cm³/mol. The first-order valence-corrected chi connectivity index (χ1v) is 6.88. The maximum atomic E-state index is 12.1. The molecule has 4 nitrogen and oxygen atoms in total. The average molecular weight is 273 g/mol. The fraction of sp³-hybridized carbons (Fsp3) is 0.364. The molecule has 0 aliphatic rings. The highest BCUT2D eigenvalue weighted by atomic mass is 35.5. The summed E-state index contributed by atoms with van der Waals surface area (Å²) in [7, 11) is -3.60. The van der Waals surface area contributed by atoms with Crippen LogP contribution >= 0.6 is 11.6 Å². The molecule has 92 valence electrons. The molecule has 1 rings (SSSR count). The maximum Gasteiger partial charge on any atom is 0.244 e. The smallest absolute Gasteiger partial charge is 0.207 e. The molecule has 6 heteroatoms. The zero-order valence-corrected chi connectivity index (χ0v) is 11.2. The molecule has 0 atom stereocenters. The topological polar surface area (TPSA) is 61.2 Å². The minimum atomic E-state index is -3.60. The standard InChI is InChI=1S/C11H13ClN2O2S/c1-3-14(7-6-13)17(15,16)10-4-5-11(12)9(2)8-10/h4-5,8H,3,7H2,1-2H3. The average Bonchev–Trinajstić information content (AvgIpc) is 2.29. The summed E-state index contributed by atoms with van der Waals surface area (Å²) < 4.78 is 25.4. The fourth-order valence-corrected chi connectivity index (χ4v) is 2.92. The molecule has 0 bridgehead atoms. The van der Waals surface area contributed by atoms with E-state index in [1.54, 1.807) is 19.9 Å². The molecule has 0 saturated carbocycles. The van der Waals surface area contributed by atoms with Gasteiger partial charge in [0.05, 0.1) is 11.0 Å². The highest BCUT2D eigenvalue weighted by Gasteiger charge is 2.22. The zero-order chi connectivity index (χ0) is 13.1. The van der Waals surface area contributed by atoms with Gasteiger partial charge in [-0.05, 0) is 30.7 Å². The largest absolute Gasteiger partial charge is 0.244 e. The monoisotopic (exact) mass is 272 g/mol. The van der Waals surface area contributed by atoms with E-state index in [1.807, 2.05) is 6.07 Å². The van der Waals surface area contributed by atoms with E-state index in [2.05, 4.69) is 0 Å². The molecular formula is C11H13ClN2O2S. The molecule has 0 radical (unpaired) electrons. The number of nitrogens with zero attached hydrogens (tertiary/aromatic N) is 2. The number of hydrogen-bond donors (Lipinski definition) is 0. The van der Waals surface area contributed by atoms with Crippen LogP contribution in [0.4, 0.5) is 0 Å². The predicted octanol–water partition coefficient (Wildman–Crippen LogP) is 2.18. The number of hydrogen-bond acceptors (Lipinski definition) is 3. The van der Waals surface area contributed by atoms with Crippen LogP contribution in [0.25, 0.3) is 0 Å². The summed E-state index contributed by atoms with van der Waals surface area (Å²) in [5.41, 5.74) is 0.695. The van der Waals surface area contributed by atoms with Crippen LogP contribution in [0.15, 0.2) is 23.1 Å². The van der Waals surface area contributed by atoms with E-state index < -0.39 is 10.0 Å². The van der Waals surface area contributed by atoms with Gasteiger partial charge >= 0.3 is 0 Å². The van der Waals surface area contributed by atoms with Gasteiger partial charge in [0.1, 0.15) is 6.54 Å². The molecule has 0 spiro atoms. The van der Waals surface area contributed by atoms with Gasteiger partial charge in [0.15, 0.2) is 0 Å². The molecule has 1 aromatic carbocycles. The van der Waals surface area contributed by atoms with Crippen molar-refractivity contribution in [2.75, 3.05) is 13.1 Å². The molecule has 0 aliphatic carbocycles. The molecule has 17 heavy (non-hydrogen) atoms. The number of sulfonamides is 1. The second-order valence-electron chi connectivity index (χ2n) is 3.50. The van der Waals surface area contributed by atoms with Gasteiger partial charge < -0.3 is 0 Å². The van der Waals surface area contributed by atoms with E-state index in [9.17, 15) is 8.42 Å². The molecule has 0 aliphatic heterocycles. The van der Waals surface area contributed by atoms with Crippen molar-refractivity contribution in [3.63, 3.8) is 0 Å². The molecule has 0 aromatic heterocycles. The maximum absolute atomic E-state index is 12.1. The van der Waals surface area contributed by atoms with E-state index in [1.165, 1.54) is 12.1 Å². The van der Waals surface area contributed by atoms with Crippen LogP contribution in [0.3, 0.4) is 0 Å². The molecule has 0 fully saturated rings. The summed E-state index contributed by atoms with van der Waals surface area (Å²) in [5.74, 6) is 0. The lowest BCUT2D eigenvalue weighted by atomic mass is 10.2. The first-order chi connectivity index (χ1) is 7.93. The van der Waals surface area contributed by atoms with Gasteiger partial charge in [-0.25, -0.2) is 8.42 Å². The fourth-order valence-electron chi connectivity index (χ4n) is 1.37. The van der Waals surface area contributed by atoms with Crippen molar-refractivity contribution in [3.8, 4) is 6.07 Å². The third-order valence-corrected chi connectivity index (χ3v) is 4.71. The Hall–Kier alpha value is -1.09. The number of rotatable bonds is 4. The number of aryl methyl sites for hydroxylation is 1. The molecule has 1 aromatic rings. The van der Waals surface area contributed by atoms with Gasteiger partial charge in [-0.2, -0.15) is 9.57 Å². The molecule has 0 unspecified atom stereocenters. The summed E-state index contributed by atoms with van der Waals surface area (Å²) in [5, 5.41) is 9.12. The lowest BCUT2D eigenvalue weighted by Crippen LogP contribution is -2.31. The molecule has 0 heterocycles. The number of nitriles is 1. The van der Waals surface area contributed by atoms with E-state index in [-0.39, 0.29) is 18.0 Å². The Morgan fingerprint density at radius 1 is 1.47 bits per heavy atom. The van der Waals surface area contributed by atoms with Crippen LogP contribution in [0.2, 0.25) is 5.02 Å². The van der Waals surface area contributed by atoms with E-state index >= 15 is 0 Å². The van der Waals surface area contributed by atoms with Gasteiger partial charge in [-0.1, -0.05) is 18.5 Å². The third-order valence-electron chi connectivity index (χ3n) is 2.37. The van der Waals surface area contributed by atoms with Crippen LogP contribution < -0.4 is 0 Å². The van der Waals surface area contributed by atoms with Crippen LogP contribution in [0.5, 0.6) is 0 Å². The number of halogens is 1. The first kappa shape index (κ1) is 14.0. The SMILES string of the molecule is CCN(CC#N)S(=O)(=O)c1ccc(Cl)c(C)c1. The van der Waals surface area contributed by atoms with E-state index in [4.69, 9.17) is 16.9 Å². The number of benzene rings is 1. The Morgan fingerprint density at radius 2 is 2.12 bits per heavy atom. The quantitative estimate of drug-likeness (QED) is 0.790. The van der Waals surface area contributed by atoms with Gasteiger partial charge in [0.25, 0.3) is 0 Å². The molecule has 0 amide bonds. The van der Waals surface area contributed by atoms with Gasteiger partial charge in [0.2, 0.25) is 10.0 Å². The minimum absolute atomic E-state index is 0.152. The first-order valence-electron chi connectivity index (χ1n) is 5.06. The lowest BCUT2D eigenvalue weighted by Gasteiger charge is -2.17. The van der Waals surface area contributed by atoms with Crippen LogP contribution in [0, 0.1) is 18.3 Å². The van der Waals surface area contributed by atoms with Gasteiger partial charge in [0, 0.05) is 11.6 Å². The summed E-state index contributed by atoms with van der Waals surface area (Å²) in [6.07, 6.45) is 0. The summed E-state index contributed by atoms with van der Waals surface area (Å²) in [6, 6.07) is 6.35. The van der Waals surface area contributed by atoms with Crippen molar-refractivity contribution >= 4 is 21.6 Å². The minimum Gasteiger partial charge on any atom is -0.207 e. The van der Waals surface area contributed by atoms with Crippen molar-refractivity contribution in [1.82, 2.24) is 4.31 Å². The Balaban J connectivity index is 3.21. The summed E-state index contributed by atoms with van der Waals surface area (Å²) >= 11 is 5.84. The van der Waals surface area contributed by atoms with Crippen molar-refractivity contribution in [2.45, 2.75) is 18.7 Å². The molecule has 0 saturated heterocycles. The summed E-state index contributed by atoms with van der Waals surface area (Å²) in [4.78, 5) is 0.163. The molecular weight excluding hydrogens is 260 g/mol. The Morgan fingerprint density at radius 3 is 2.59 bits per heavy atom. The second-order valence-corrected chi connectivity index (χ2v) is 5.85. The Labute approximate surface area is 106 Å². The van der Waals surface area contributed by atoms with Crippen molar-refractivity contribution in [2.24, 2.45) is 0 Å². The summed E-state index contributed by atoms with van der Waals surface area (Å²) in [6.45, 7) is 3.54. The van der Waals surface area contributed by atoms with Crippen molar-refractivity contribution in [3.05, 3.63) is 28.8 Å². The highest BCUT2D eigenvalue weighted by Crippen LogP contribution is 2.21. The Kier molecular flexibility index (Phi) is 4.52. The Bertz CT molecular complexity index is 549. The zero-order valence-electron chi connectivity index (χ0n) is 9.64. The van der Waals surface area contributed by atoms with E-state index in [0.717, 1.165) is 4.31 Å². The van der Waals surface area contributed by atoms with Gasteiger partial charge in [-0.15, -0.1) is 0 Å². The van der Waals surface area contributed by atoms with Crippen molar-refractivity contribution < 1.29 is 8.42 Å².